The Bertz CT molecular complexity index is 668. The molecule has 0 aliphatic heterocycles. The van der Waals surface area contributed by atoms with E-state index in [-0.39, 0.29) is 11.3 Å². The Balaban J connectivity index is 2.82. The summed E-state index contributed by atoms with van der Waals surface area (Å²) < 4.78 is 4.39. The fourth-order valence-electron chi connectivity index (χ4n) is 1.44. The van der Waals surface area contributed by atoms with Gasteiger partial charge >= 0.3 is 11.4 Å². The van der Waals surface area contributed by atoms with Crippen LogP contribution in [0.25, 0.3) is 10.9 Å². The van der Waals surface area contributed by atoms with Crippen molar-refractivity contribution in [2.75, 3.05) is 5.32 Å². The van der Waals surface area contributed by atoms with Crippen LogP contribution in [-0.2, 0) is 4.79 Å². The largest absolute Gasteiger partial charge is 0.419 e. The van der Waals surface area contributed by atoms with Gasteiger partial charge in [-0.2, -0.15) is 0 Å². The van der Waals surface area contributed by atoms with Crippen molar-refractivity contribution in [2.24, 2.45) is 0 Å². The van der Waals surface area contributed by atoms with E-state index in [1.165, 1.54) is 6.92 Å². The summed E-state index contributed by atoms with van der Waals surface area (Å²) >= 11 is 0. The first-order valence-corrected chi connectivity index (χ1v) is 4.51. The molecule has 1 heterocycles. The molecule has 0 atom stereocenters. The molecule has 0 spiro atoms. The van der Waals surface area contributed by atoms with Crippen molar-refractivity contribution in [3.05, 3.63) is 39.2 Å². The number of fused-ring (bicyclic) bond motifs is 1. The minimum Gasteiger partial charge on any atom is -0.372 e. The Morgan fingerprint density at radius 2 is 2.12 bits per heavy atom. The van der Waals surface area contributed by atoms with Crippen LogP contribution in [0.4, 0.5) is 5.69 Å². The van der Waals surface area contributed by atoms with Gasteiger partial charge in [0.05, 0.1) is 11.2 Å². The van der Waals surface area contributed by atoms with E-state index in [4.69, 9.17) is 0 Å². The molecule has 0 radical (unpaired) electrons. The van der Waals surface area contributed by atoms with Gasteiger partial charge in [-0.25, -0.2) is 9.59 Å². The van der Waals surface area contributed by atoms with Gasteiger partial charge in [-0.1, -0.05) is 6.07 Å². The van der Waals surface area contributed by atoms with Crippen LogP contribution in [0.2, 0.25) is 0 Å². The lowest BCUT2D eigenvalue weighted by atomic mass is 10.2. The van der Waals surface area contributed by atoms with Crippen molar-refractivity contribution in [3.63, 3.8) is 0 Å². The third-order valence-electron chi connectivity index (χ3n) is 2.00. The van der Waals surface area contributed by atoms with Crippen molar-refractivity contribution < 1.29 is 9.21 Å². The lowest BCUT2D eigenvalue weighted by molar-refractivity contribution is -0.114. The summed E-state index contributed by atoms with van der Waals surface area (Å²) in [5.74, 6) is -1.13. The van der Waals surface area contributed by atoms with Crippen LogP contribution < -0.4 is 16.7 Å². The van der Waals surface area contributed by atoms with Crippen molar-refractivity contribution >= 4 is 22.5 Å². The van der Waals surface area contributed by atoms with Crippen molar-refractivity contribution in [2.45, 2.75) is 6.92 Å². The molecule has 82 valence electrons. The standard InChI is InChI=1S/C10H8N2O4/c1-5(13)11-6-3-2-4-7-8(6)9(14)16-10(15)12-7/h2-4H,1H3,(H,11,13)(H,12,15). The van der Waals surface area contributed by atoms with E-state index >= 15 is 0 Å². The van der Waals surface area contributed by atoms with Gasteiger partial charge in [-0.15, -0.1) is 0 Å². The third-order valence-corrected chi connectivity index (χ3v) is 2.00. The van der Waals surface area contributed by atoms with E-state index < -0.39 is 11.4 Å². The zero-order chi connectivity index (χ0) is 11.7. The maximum Gasteiger partial charge on any atom is 0.419 e. The number of hydrogen-bond donors (Lipinski definition) is 2. The summed E-state index contributed by atoms with van der Waals surface area (Å²) in [5.41, 5.74) is -0.134. The number of amides is 1. The van der Waals surface area contributed by atoms with Crippen molar-refractivity contribution in [1.29, 1.82) is 0 Å². The molecule has 0 aliphatic rings. The molecule has 0 saturated heterocycles. The smallest absolute Gasteiger partial charge is 0.372 e. The number of H-pyrrole nitrogens is 1. The Hall–Kier alpha value is -2.37. The maximum absolute atomic E-state index is 11.5. The van der Waals surface area contributed by atoms with Crippen LogP contribution in [0.5, 0.6) is 0 Å². The quantitative estimate of drug-likeness (QED) is 0.729. The second-order valence-electron chi connectivity index (χ2n) is 3.21. The Morgan fingerprint density at radius 3 is 2.81 bits per heavy atom. The molecule has 0 unspecified atom stereocenters. The number of nitrogens with one attached hydrogen (secondary N) is 2. The first kappa shape index (κ1) is 10.2. The fraction of sp³-hybridized carbons (Fsp3) is 0.100. The zero-order valence-corrected chi connectivity index (χ0v) is 8.37. The van der Waals surface area contributed by atoms with Crippen LogP contribution in [0.1, 0.15) is 6.92 Å². The number of hydrogen-bond acceptors (Lipinski definition) is 4. The predicted octanol–water partition coefficient (Wildman–Crippen LogP) is 0.440. The van der Waals surface area contributed by atoms with Gasteiger partial charge in [0.2, 0.25) is 5.91 Å². The van der Waals surface area contributed by atoms with E-state index in [9.17, 15) is 14.4 Å². The molecule has 0 fully saturated rings. The zero-order valence-electron chi connectivity index (χ0n) is 8.37. The van der Waals surface area contributed by atoms with E-state index in [1.807, 2.05) is 0 Å². The van der Waals surface area contributed by atoms with Crippen LogP contribution in [0, 0.1) is 0 Å². The summed E-state index contributed by atoms with van der Waals surface area (Å²) in [6.45, 7) is 1.33. The second-order valence-corrected chi connectivity index (χ2v) is 3.21. The lowest BCUT2D eigenvalue weighted by Crippen LogP contribution is -2.17. The highest BCUT2D eigenvalue weighted by atomic mass is 16.4. The molecule has 2 rings (SSSR count). The number of carbonyl (C=O) groups excluding carboxylic acids is 1. The second kappa shape index (κ2) is 3.65. The third kappa shape index (κ3) is 1.72. The average molecular weight is 220 g/mol. The highest BCUT2D eigenvalue weighted by molar-refractivity contribution is 5.99. The Labute approximate surface area is 88.9 Å². The number of anilines is 1. The molecule has 0 aliphatic carbocycles. The van der Waals surface area contributed by atoms with Gasteiger partial charge < -0.3 is 9.73 Å². The van der Waals surface area contributed by atoms with Crippen molar-refractivity contribution in [3.8, 4) is 0 Å². The Kier molecular flexibility index (Phi) is 2.32. The monoisotopic (exact) mass is 220 g/mol. The van der Waals surface area contributed by atoms with Crippen LogP contribution in [0.15, 0.2) is 32.2 Å². The molecule has 16 heavy (non-hydrogen) atoms. The molecule has 0 bridgehead atoms. The molecule has 1 aromatic heterocycles. The molecule has 2 N–H and O–H groups in total. The number of benzene rings is 1. The molecule has 6 heteroatoms. The average Bonchev–Trinajstić information content (AvgIpc) is 2.15. The molecule has 6 nitrogen and oxygen atoms in total. The summed E-state index contributed by atoms with van der Waals surface area (Å²) in [5, 5.41) is 2.64. The summed E-state index contributed by atoms with van der Waals surface area (Å²) in [4.78, 5) is 35.7. The topological polar surface area (TPSA) is 92.2 Å². The van der Waals surface area contributed by atoms with E-state index in [0.29, 0.717) is 11.2 Å². The maximum atomic E-state index is 11.5. The molecular formula is C10H8N2O4. The SMILES string of the molecule is CC(=O)Nc1cccc2[nH]c(=O)oc(=O)c12. The minimum atomic E-state index is -0.822. The molecule has 0 saturated carbocycles. The van der Waals surface area contributed by atoms with Gasteiger partial charge in [0, 0.05) is 6.92 Å². The number of aromatic amines is 1. The van der Waals surface area contributed by atoms with Gasteiger partial charge in [-0.05, 0) is 12.1 Å². The fourth-order valence-corrected chi connectivity index (χ4v) is 1.44. The molecule has 1 aromatic carbocycles. The van der Waals surface area contributed by atoms with Crippen LogP contribution in [0.3, 0.4) is 0 Å². The van der Waals surface area contributed by atoms with Gasteiger partial charge in [0.15, 0.2) is 0 Å². The normalized spacial score (nSPS) is 10.3. The highest BCUT2D eigenvalue weighted by Crippen LogP contribution is 2.16. The number of carbonyl (C=O) groups is 1. The van der Waals surface area contributed by atoms with Crippen molar-refractivity contribution in [1.82, 2.24) is 4.98 Å². The van der Waals surface area contributed by atoms with Gasteiger partial charge in [0.25, 0.3) is 0 Å². The van der Waals surface area contributed by atoms with Gasteiger partial charge in [-0.3, -0.25) is 9.78 Å². The van der Waals surface area contributed by atoms with E-state index in [1.54, 1.807) is 18.2 Å². The summed E-state index contributed by atoms with van der Waals surface area (Å²) in [6.07, 6.45) is 0. The first-order chi connectivity index (χ1) is 7.58. The van der Waals surface area contributed by atoms with E-state index in [2.05, 4.69) is 14.7 Å². The lowest BCUT2D eigenvalue weighted by Gasteiger charge is -2.04. The van der Waals surface area contributed by atoms with Crippen LogP contribution in [-0.4, -0.2) is 10.9 Å². The molecule has 2 aromatic rings. The Morgan fingerprint density at radius 1 is 1.38 bits per heavy atom. The van der Waals surface area contributed by atoms with E-state index in [0.717, 1.165) is 0 Å². The number of rotatable bonds is 1. The summed E-state index contributed by atoms with van der Waals surface area (Å²) in [6, 6.07) is 4.72. The van der Waals surface area contributed by atoms with Gasteiger partial charge in [0.1, 0.15) is 5.39 Å². The predicted molar refractivity (Wildman–Crippen MR) is 57.4 cm³/mol. The number of aromatic nitrogens is 1. The first-order valence-electron chi connectivity index (χ1n) is 4.51. The minimum absolute atomic E-state index is 0.150. The molecular weight excluding hydrogens is 212 g/mol. The molecule has 1 amide bonds. The van der Waals surface area contributed by atoms with Crippen LogP contribution >= 0.6 is 0 Å². The summed E-state index contributed by atoms with van der Waals surface area (Å²) in [7, 11) is 0. The highest BCUT2D eigenvalue weighted by Gasteiger charge is 2.08.